The number of aryl methyl sites for hydroxylation is 1. The van der Waals surface area contributed by atoms with Crippen LogP contribution >= 0.6 is 11.8 Å². The molecule has 1 unspecified atom stereocenters. The number of nitrogens with zero attached hydrogens (tertiary/aromatic N) is 2. The lowest BCUT2D eigenvalue weighted by atomic mass is 10.1. The lowest BCUT2D eigenvalue weighted by Crippen LogP contribution is -2.11. The largest absolute Gasteiger partial charge is 0.481 e. The van der Waals surface area contributed by atoms with Gasteiger partial charge in [0.2, 0.25) is 0 Å². The molecule has 1 heterocycles. The molecule has 20 heavy (non-hydrogen) atoms. The predicted molar refractivity (Wildman–Crippen MR) is 77.4 cm³/mol. The summed E-state index contributed by atoms with van der Waals surface area (Å²) in [6, 6.07) is 7.85. The summed E-state index contributed by atoms with van der Waals surface area (Å²) in [5.41, 5.74) is 2.06. The third-order valence-electron chi connectivity index (χ3n) is 2.79. The van der Waals surface area contributed by atoms with Crippen LogP contribution in [0.5, 0.6) is 0 Å². The van der Waals surface area contributed by atoms with Crippen LogP contribution in [-0.2, 0) is 10.5 Å². The van der Waals surface area contributed by atoms with Crippen molar-refractivity contribution >= 4 is 17.7 Å². The molecule has 0 spiro atoms. The Morgan fingerprint density at radius 3 is 2.75 bits per heavy atom. The highest BCUT2D eigenvalue weighted by molar-refractivity contribution is 7.98. The quantitative estimate of drug-likeness (QED) is 0.882. The second-order valence-corrected chi connectivity index (χ2v) is 5.67. The van der Waals surface area contributed by atoms with Crippen LogP contribution in [0.15, 0.2) is 28.8 Å². The van der Waals surface area contributed by atoms with Crippen molar-refractivity contribution < 1.29 is 14.4 Å². The normalized spacial score (nSPS) is 12.3. The summed E-state index contributed by atoms with van der Waals surface area (Å²) in [4.78, 5) is 15.0. The van der Waals surface area contributed by atoms with Crippen LogP contribution in [0, 0.1) is 12.8 Å². The zero-order valence-electron chi connectivity index (χ0n) is 11.4. The molecular formula is C14H16N2O3S. The molecule has 2 rings (SSSR count). The predicted octanol–water partition coefficient (Wildman–Crippen LogP) is 3.00. The fourth-order valence-corrected chi connectivity index (χ4v) is 2.44. The number of hydrogen-bond donors (Lipinski definition) is 1. The first-order valence-corrected chi connectivity index (χ1v) is 7.42. The summed E-state index contributed by atoms with van der Waals surface area (Å²) in [6.07, 6.45) is 0. The van der Waals surface area contributed by atoms with E-state index in [1.165, 1.54) is 17.3 Å². The standard InChI is InChI=1S/C14H16N2O3S/c1-9-3-5-11(6-4-9)13-15-12(16-19-13)8-20-7-10(2)14(17)18/h3-6,10H,7-8H2,1-2H3,(H,17,18). The summed E-state index contributed by atoms with van der Waals surface area (Å²) >= 11 is 1.49. The third kappa shape index (κ3) is 3.84. The van der Waals surface area contributed by atoms with Gasteiger partial charge < -0.3 is 9.63 Å². The Morgan fingerprint density at radius 1 is 1.40 bits per heavy atom. The van der Waals surface area contributed by atoms with E-state index >= 15 is 0 Å². The Kier molecular flexibility index (Phi) is 4.79. The van der Waals surface area contributed by atoms with Crippen molar-refractivity contribution in [2.45, 2.75) is 19.6 Å². The molecule has 6 heteroatoms. The number of aliphatic carboxylic acids is 1. The monoisotopic (exact) mass is 292 g/mol. The molecular weight excluding hydrogens is 276 g/mol. The summed E-state index contributed by atoms with van der Waals surface area (Å²) in [5.74, 6) is 1.00. The minimum atomic E-state index is -0.786. The van der Waals surface area contributed by atoms with E-state index in [2.05, 4.69) is 10.1 Å². The van der Waals surface area contributed by atoms with Crippen molar-refractivity contribution in [1.29, 1.82) is 0 Å². The molecule has 5 nitrogen and oxygen atoms in total. The number of aromatic nitrogens is 2. The molecule has 0 radical (unpaired) electrons. The molecule has 1 aromatic carbocycles. The van der Waals surface area contributed by atoms with E-state index in [1.54, 1.807) is 6.92 Å². The molecule has 106 valence electrons. The maximum absolute atomic E-state index is 10.7. The van der Waals surface area contributed by atoms with Crippen LogP contribution in [0.4, 0.5) is 0 Å². The Labute approximate surface area is 121 Å². The zero-order chi connectivity index (χ0) is 14.5. The lowest BCUT2D eigenvalue weighted by molar-refractivity contribution is -0.140. The van der Waals surface area contributed by atoms with Crippen LogP contribution in [0.1, 0.15) is 18.3 Å². The molecule has 1 aromatic heterocycles. The molecule has 0 aliphatic heterocycles. The van der Waals surface area contributed by atoms with Gasteiger partial charge in [-0.15, -0.1) is 0 Å². The minimum Gasteiger partial charge on any atom is -0.481 e. The number of rotatable bonds is 6. The first kappa shape index (κ1) is 14.6. The summed E-state index contributed by atoms with van der Waals surface area (Å²) in [5, 5.41) is 12.7. The topological polar surface area (TPSA) is 76.2 Å². The van der Waals surface area contributed by atoms with E-state index in [1.807, 2.05) is 31.2 Å². The number of carboxylic acids is 1. The van der Waals surface area contributed by atoms with Gasteiger partial charge in [0.25, 0.3) is 5.89 Å². The first-order chi connectivity index (χ1) is 9.56. The van der Waals surface area contributed by atoms with Gasteiger partial charge in [0, 0.05) is 11.3 Å². The van der Waals surface area contributed by atoms with Gasteiger partial charge in [0.1, 0.15) is 0 Å². The zero-order valence-corrected chi connectivity index (χ0v) is 12.2. The molecule has 0 saturated heterocycles. The second kappa shape index (κ2) is 6.56. The highest BCUT2D eigenvalue weighted by Gasteiger charge is 2.12. The average molecular weight is 292 g/mol. The second-order valence-electron chi connectivity index (χ2n) is 4.64. The van der Waals surface area contributed by atoms with E-state index in [-0.39, 0.29) is 5.92 Å². The smallest absolute Gasteiger partial charge is 0.307 e. The Balaban J connectivity index is 1.92. The Hall–Kier alpha value is -1.82. The van der Waals surface area contributed by atoms with E-state index in [4.69, 9.17) is 9.63 Å². The highest BCUT2D eigenvalue weighted by atomic mass is 32.2. The van der Waals surface area contributed by atoms with Crippen molar-refractivity contribution in [2.24, 2.45) is 5.92 Å². The lowest BCUT2D eigenvalue weighted by Gasteiger charge is -2.02. The number of hydrogen-bond acceptors (Lipinski definition) is 5. The van der Waals surface area contributed by atoms with E-state index in [9.17, 15) is 4.79 Å². The highest BCUT2D eigenvalue weighted by Crippen LogP contribution is 2.20. The van der Waals surface area contributed by atoms with Crippen LogP contribution < -0.4 is 0 Å². The molecule has 1 N–H and O–H groups in total. The molecule has 0 saturated carbocycles. The van der Waals surface area contributed by atoms with E-state index in [0.717, 1.165) is 5.56 Å². The van der Waals surface area contributed by atoms with Gasteiger partial charge in [-0.2, -0.15) is 16.7 Å². The first-order valence-electron chi connectivity index (χ1n) is 6.26. The molecule has 0 fully saturated rings. The fourth-order valence-electron chi connectivity index (χ4n) is 1.52. The fraction of sp³-hybridized carbons (Fsp3) is 0.357. The Bertz CT molecular complexity index is 580. The maximum Gasteiger partial charge on any atom is 0.307 e. The SMILES string of the molecule is Cc1ccc(-c2nc(CSCC(C)C(=O)O)no2)cc1. The van der Waals surface area contributed by atoms with Crippen molar-refractivity contribution in [1.82, 2.24) is 10.1 Å². The molecule has 0 bridgehead atoms. The van der Waals surface area contributed by atoms with Gasteiger partial charge in [-0.25, -0.2) is 0 Å². The van der Waals surface area contributed by atoms with Crippen LogP contribution in [0.25, 0.3) is 11.5 Å². The van der Waals surface area contributed by atoms with Crippen molar-refractivity contribution in [3.63, 3.8) is 0 Å². The van der Waals surface area contributed by atoms with Crippen molar-refractivity contribution in [3.8, 4) is 11.5 Å². The molecule has 0 aliphatic carbocycles. The molecule has 1 atom stereocenters. The van der Waals surface area contributed by atoms with Crippen LogP contribution in [0.2, 0.25) is 0 Å². The number of benzene rings is 1. The van der Waals surface area contributed by atoms with Crippen molar-refractivity contribution in [2.75, 3.05) is 5.75 Å². The van der Waals surface area contributed by atoms with E-state index in [0.29, 0.717) is 23.2 Å². The Morgan fingerprint density at radius 2 is 2.10 bits per heavy atom. The maximum atomic E-state index is 10.7. The van der Waals surface area contributed by atoms with Gasteiger partial charge in [-0.3, -0.25) is 4.79 Å². The molecule has 2 aromatic rings. The van der Waals surface area contributed by atoms with Gasteiger partial charge in [0.05, 0.1) is 11.7 Å². The van der Waals surface area contributed by atoms with Crippen molar-refractivity contribution in [3.05, 3.63) is 35.7 Å². The molecule has 0 aliphatic rings. The summed E-state index contributed by atoms with van der Waals surface area (Å²) in [6.45, 7) is 3.70. The third-order valence-corrected chi connectivity index (χ3v) is 3.99. The number of carbonyl (C=O) groups is 1. The van der Waals surface area contributed by atoms with Gasteiger partial charge in [-0.1, -0.05) is 29.8 Å². The number of thioether (sulfide) groups is 1. The average Bonchev–Trinajstić information content (AvgIpc) is 2.88. The molecule has 0 amide bonds. The van der Waals surface area contributed by atoms with E-state index < -0.39 is 5.97 Å². The summed E-state index contributed by atoms with van der Waals surface area (Å²) < 4.78 is 5.20. The van der Waals surface area contributed by atoms with Gasteiger partial charge in [-0.05, 0) is 19.1 Å². The van der Waals surface area contributed by atoms with Crippen LogP contribution in [0.3, 0.4) is 0 Å². The summed E-state index contributed by atoms with van der Waals surface area (Å²) in [7, 11) is 0. The van der Waals surface area contributed by atoms with Gasteiger partial charge in [0.15, 0.2) is 5.82 Å². The van der Waals surface area contributed by atoms with Crippen LogP contribution in [-0.4, -0.2) is 27.0 Å². The number of carboxylic acid groups (broad SMARTS) is 1. The minimum absolute atomic E-state index is 0.372. The van der Waals surface area contributed by atoms with Gasteiger partial charge >= 0.3 is 5.97 Å².